The molecule has 0 saturated carbocycles. The number of hydrogen-bond donors (Lipinski definition) is 2. The molecule has 0 radical (unpaired) electrons. The zero-order valence-corrected chi connectivity index (χ0v) is 12.8. The van der Waals surface area contributed by atoms with Crippen LogP contribution in [-0.2, 0) is 4.79 Å². The molecule has 0 fully saturated rings. The van der Waals surface area contributed by atoms with Crippen molar-refractivity contribution < 1.29 is 14.7 Å². The van der Waals surface area contributed by atoms with Crippen molar-refractivity contribution in [3.63, 3.8) is 0 Å². The molecule has 0 aliphatic carbocycles. The van der Waals surface area contributed by atoms with E-state index in [0.29, 0.717) is 12.2 Å². The van der Waals surface area contributed by atoms with E-state index in [1.54, 1.807) is 12.3 Å². The molecule has 22 heavy (non-hydrogen) atoms. The summed E-state index contributed by atoms with van der Waals surface area (Å²) in [6, 6.07) is 1.76. The van der Waals surface area contributed by atoms with Crippen LogP contribution in [0, 0.1) is 18.8 Å². The van der Waals surface area contributed by atoms with Crippen LogP contribution in [0.25, 0.3) is 5.78 Å². The highest BCUT2D eigenvalue weighted by atomic mass is 16.4. The minimum Gasteiger partial charge on any atom is -0.481 e. The second-order valence-electron chi connectivity index (χ2n) is 5.61. The van der Waals surface area contributed by atoms with E-state index in [4.69, 9.17) is 5.11 Å². The lowest BCUT2D eigenvalue weighted by molar-refractivity contribution is -0.142. The number of nitrogens with one attached hydrogen (secondary N) is 1. The Labute approximate surface area is 127 Å². The number of carbonyl (C=O) groups excluding carboxylic acids is 1. The molecule has 8 heteroatoms. The van der Waals surface area contributed by atoms with Gasteiger partial charge >= 0.3 is 5.97 Å². The van der Waals surface area contributed by atoms with Crippen LogP contribution in [0.1, 0.15) is 36.6 Å². The second kappa shape index (κ2) is 6.50. The van der Waals surface area contributed by atoms with Gasteiger partial charge in [0.15, 0.2) is 0 Å². The zero-order chi connectivity index (χ0) is 16.3. The van der Waals surface area contributed by atoms with Crippen molar-refractivity contribution in [3.8, 4) is 0 Å². The van der Waals surface area contributed by atoms with E-state index in [2.05, 4.69) is 20.4 Å². The number of carboxylic acid groups (broad SMARTS) is 1. The molecule has 2 rings (SSSR count). The number of carbonyl (C=O) groups is 2. The average Bonchev–Trinajstić information content (AvgIpc) is 2.88. The number of aryl methyl sites for hydroxylation is 1. The molecule has 2 aromatic rings. The van der Waals surface area contributed by atoms with Crippen molar-refractivity contribution >= 4 is 17.7 Å². The topological polar surface area (TPSA) is 109 Å². The Morgan fingerprint density at radius 3 is 2.73 bits per heavy atom. The van der Waals surface area contributed by atoms with Gasteiger partial charge in [-0.05, 0) is 25.3 Å². The SMILES string of the molecule is Cc1ccnc2nc(C(=O)NCC(CC(C)C)C(=O)O)nn12. The summed E-state index contributed by atoms with van der Waals surface area (Å²) in [7, 11) is 0. The van der Waals surface area contributed by atoms with Crippen LogP contribution >= 0.6 is 0 Å². The third kappa shape index (κ3) is 3.57. The molecule has 1 amide bonds. The van der Waals surface area contributed by atoms with Crippen LogP contribution in [0.2, 0.25) is 0 Å². The Kier molecular flexibility index (Phi) is 4.69. The Bertz CT molecular complexity index is 695. The summed E-state index contributed by atoms with van der Waals surface area (Å²) < 4.78 is 1.47. The maximum Gasteiger partial charge on any atom is 0.308 e. The van der Waals surface area contributed by atoms with E-state index in [9.17, 15) is 9.59 Å². The predicted molar refractivity (Wildman–Crippen MR) is 78.4 cm³/mol. The lowest BCUT2D eigenvalue weighted by Gasteiger charge is -2.14. The van der Waals surface area contributed by atoms with Gasteiger partial charge in [0, 0.05) is 18.4 Å². The Morgan fingerprint density at radius 2 is 2.14 bits per heavy atom. The van der Waals surface area contributed by atoms with Gasteiger partial charge in [0.1, 0.15) is 0 Å². The third-order valence-electron chi connectivity index (χ3n) is 3.25. The van der Waals surface area contributed by atoms with Gasteiger partial charge in [-0.1, -0.05) is 13.8 Å². The van der Waals surface area contributed by atoms with E-state index < -0.39 is 17.8 Å². The summed E-state index contributed by atoms with van der Waals surface area (Å²) in [6.07, 6.45) is 2.08. The van der Waals surface area contributed by atoms with Crippen molar-refractivity contribution in [2.45, 2.75) is 27.2 Å². The molecule has 0 aliphatic rings. The highest BCUT2D eigenvalue weighted by molar-refractivity contribution is 5.91. The van der Waals surface area contributed by atoms with Crippen molar-refractivity contribution in [2.75, 3.05) is 6.54 Å². The van der Waals surface area contributed by atoms with Gasteiger partial charge in [0.2, 0.25) is 5.82 Å². The number of rotatable bonds is 6. The monoisotopic (exact) mass is 305 g/mol. The highest BCUT2D eigenvalue weighted by Gasteiger charge is 2.21. The van der Waals surface area contributed by atoms with Crippen LogP contribution in [0.15, 0.2) is 12.3 Å². The fourth-order valence-corrected chi connectivity index (χ4v) is 2.14. The lowest BCUT2D eigenvalue weighted by Crippen LogP contribution is -2.34. The minimum atomic E-state index is -0.922. The Hall–Kier alpha value is -2.51. The molecule has 0 spiro atoms. The first-order valence-corrected chi connectivity index (χ1v) is 7.08. The molecule has 2 heterocycles. The van der Waals surface area contributed by atoms with Crippen LogP contribution in [0.4, 0.5) is 0 Å². The summed E-state index contributed by atoms with van der Waals surface area (Å²) in [5.74, 6) is -1.49. The van der Waals surface area contributed by atoms with Gasteiger partial charge < -0.3 is 10.4 Å². The van der Waals surface area contributed by atoms with Gasteiger partial charge in [-0.25, -0.2) is 9.50 Å². The molecule has 0 bridgehead atoms. The number of fused-ring (bicyclic) bond motifs is 1. The molecular formula is C14H19N5O3. The van der Waals surface area contributed by atoms with E-state index in [1.807, 2.05) is 20.8 Å². The summed E-state index contributed by atoms with van der Waals surface area (Å²) in [5.41, 5.74) is 0.805. The van der Waals surface area contributed by atoms with Gasteiger partial charge in [0.05, 0.1) is 5.92 Å². The molecule has 0 aromatic carbocycles. The van der Waals surface area contributed by atoms with E-state index in [1.165, 1.54) is 4.52 Å². The molecule has 0 aliphatic heterocycles. The number of carboxylic acids is 1. The summed E-state index contributed by atoms with van der Waals surface area (Å²) in [5, 5.41) is 15.8. The average molecular weight is 305 g/mol. The zero-order valence-electron chi connectivity index (χ0n) is 12.8. The molecule has 8 nitrogen and oxygen atoms in total. The van der Waals surface area contributed by atoms with Crippen LogP contribution in [-0.4, -0.2) is 43.1 Å². The molecule has 1 atom stereocenters. The lowest BCUT2D eigenvalue weighted by atomic mass is 9.97. The quantitative estimate of drug-likeness (QED) is 0.821. The minimum absolute atomic E-state index is 0.0181. The van der Waals surface area contributed by atoms with Crippen LogP contribution in [0.5, 0.6) is 0 Å². The largest absolute Gasteiger partial charge is 0.481 e. The van der Waals surface area contributed by atoms with Crippen molar-refractivity contribution in [3.05, 3.63) is 23.8 Å². The van der Waals surface area contributed by atoms with Crippen LogP contribution < -0.4 is 5.32 Å². The molecule has 118 valence electrons. The summed E-state index contributed by atoms with van der Waals surface area (Å²) in [6.45, 7) is 5.76. The maximum absolute atomic E-state index is 12.1. The molecule has 2 N–H and O–H groups in total. The second-order valence-corrected chi connectivity index (χ2v) is 5.61. The fourth-order valence-electron chi connectivity index (χ4n) is 2.14. The van der Waals surface area contributed by atoms with Crippen molar-refractivity contribution in [2.24, 2.45) is 11.8 Å². The number of hydrogen-bond acceptors (Lipinski definition) is 5. The first-order valence-electron chi connectivity index (χ1n) is 7.08. The first-order chi connectivity index (χ1) is 10.4. The Balaban J connectivity index is 2.07. The van der Waals surface area contributed by atoms with Crippen molar-refractivity contribution in [1.82, 2.24) is 24.9 Å². The molecule has 0 saturated heterocycles. The number of nitrogens with zero attached hydrogens (tertiary/aromatic N) is 4. The predicted octanol–water partition coefficient (Wildman–Crippen LogP) is 0.909. The van der Waals surface area contributed by atoms with E-state index >= 15 is 0 Å². The standard InChI is InChI=1S/C14H19N5O3/c1-8(2)6-10(13(21)22)7-16-12(20)11-17-14-15-5-4-9(3)19(14)18-11/h4-5,8,10H,6-7H2,1-3H3,(H,16,20)(H,21,22). The third-order valence-corrected chi connectivity index (χ3v) is 3.25. The fraction of sp³-hybridized carbons (Fsp3) is 0.500. The molecular weight excluding hydrogens is 286 g/mol. The molecule has 2 aromatic heterocycles. The summed E-state index contributed by atoms with van der Waals surface area (Å²) in [4.78, 5) is 31.3. The summed E-state index contributed by atoms with van der Waals surface area (Å²) >= 11 is 0. The van der Waals surface area contributed by atoms with E-state index in [0.717, 1.165) is 5.69 Å². The van der Waals surface area contributed by atoms with Gasteiger partial charge in [-0.3, -0.25) is 9.59 Å². The first kappa shape index (κ1) is 15.9. The van der Waals surface area contributed by atoms with Crippen molar-refractivity contribution in [1.29, 1.82) is 0 Å². The number of aliphatic carboxylic acids is 1. The van der Waals surface area contributed by atoms with Gasteiger partial charge in [-0.2, -0.15) is 4.98 Å². The number of amides is 1. The normalized spacial score (nSPS) is 12.5. The Morgan fingerprint density at radius 1 is 1.41 bits per heavy atom. The van der Waals surface area contributed by atoms with Gasteiger partial charge in [-0.15, -0.1) is 5.10 Å². The number of aromatic nitrogens is 4. The molecule has 1 unspecified atom stereocenters. The van der Waals surface area contributed by atoms with Gasteiger partial charge in [0.25, 0.3) is 11.7 Å². The smallest absolute Gasteiger partial charge is 0.308 e. The van der Waals surface area contributed by atoms with Crippen LogP contribution in [0.3, 0.4) is 0 Å². The highest BCUT2D eigenvalue weighted by Crippen LogP contribution is 2.11. The van der Waals surface area contributed by atoms with E-state index in [-0.39, 0.29) is 18.3 Å². The maximum atomic E-state index is 12.1.